The third-order valence-corrected chi connectivity index (χ3v) is 12.1. The summed E-state index contributed by atoms with van der Waals surface area (Å²) in [6.07, 6.45) is 4.45. The van der Waals surface area contributed by atoms with E-state index >= 15 is 0 Å². The lowest BCUT2D eigenvalue weighted by Crippen LogP contribution is -2.53. The fourth-order valence-corrected chi connectivity index (χ4v) is 9.03. The highest BCUT2D eigenvalue weighted by Gasteiger charge is 2.39. The van der Waals surface area contributed by atoms with Crippen LogP contribution in [0, 0.1) is 5.92 Å². The number of fused-ring (bicyclic) bond motifs is 3. The third-order valence-electron chi connectivity index (χ3n) is 11.8. The number of carbonyl (C=O) groups is 3. The van der Waals surface area contributed by atoms with E-state index in [0.717, 1.165) is 74.5 Å². The lowest BCUT2D eigenvalue weighted by Gasteiger charge is -2.43. The Bertz CT molecular complexity index is 2370. The minimum absolute atomic E-state index is 0.127. The SMILES string of the molecule is C[C@H]1CN(c2ccc(-c3ccnc4c(=O)c5c(Cl)cccc5oc34)cc2)CCN1CC1CCN(c2ccc3c(c2)C(=O)N(C2CCC(=O)NC2=O)C3)CC1. The van der Waals surface area contributed by atoms with E-state index < -0.39 is 6.04 Å². The molecule has 276 valence electrons. The van der Waals surface area contributed by atoms with E-state index in [9.17, 15) is 19.2 Å². The second-order valence-corrected chi connectivity index (χ2v) is 15.5. The largest absolute Gasteiger partial charge is 0.453 e. The molecule has 2 aromatic heterocycles. The summed E-state index contributed by atoms with van der Waals surface area (Å²) in [5.74, 6) is -0.175. The summed E-state index contributed by atoms with van der Waals surface area (Å²) in [6, 6.07) is 21.5. The molecule has 2 atom stereocenters. The number of nitrogens with zero attached hydrogens (tertiary/aromatic N) is 5. The maximum absolute atomic E-state index is 13.4. The molecule has 3 saturated heterocycles. The van der Waals surface area contributed by atoms with Crippen LogP contribution in [-0.2, 0) is 16.1 Å². The molecule has 0 spiro atoms. The number of benzene rings is 3. The number of anilines is 2. The first-order chi connectivity index (χ1) is 26.2. The van der Waals surface area contributed by atoms with Crippen LogP contribution in [-0.4, -0.2) is 83.9 Å². The van der Waals surface area contributed by atoms with Gasteiger partial charge in [0.2, 0.25) is 17.2 Å². The minimum Gasteiger partial charge on any atom is -0.453 e. The minimum atomic E-state index is -0.597. The predicted octanol–water partition coefficient (Wildman–Crippen LogP) is 5.85. The Morgan fingerprint density at radius 3 is 2.44 bits per heavy atom. The second kappa shape index (κ2) is 13.9. The van der Waals surface area contributed by atoms with Crippen molar-refractivity contribution in [1.82, 2.24) is 20.1 Å². The van der Waals surface area contributed by atoms with Crippen molar-refractivity contribution in [2.24, 2.45) is 5.92 Å². The van der Waals surface area contributed by atoms with E-state index in [1.54, 1.807) is 29.3 Å². The molecule has 4 aliphatic heterocycles. The van der Waals surface area contributed by atoms with Crippen LogP contribution in [0.25, 0.3) is 33.2 Å². The van der Waals surface area contributed by atoms with E-state index in [4.69, 9.17) is 16.0 Å². The van der Waals surface area contributed by atoms with E-state index in [1.807, 2.05) is 18.2 Å². The highest BCUT2D eigenvalue weighted by molar-refractivity contribution is 6.35. The van der Waals surface area contributed by atoms with Gasteiger partial charge in [0.1, 0.15) is 11.6 Å². The van der Waals surface area contributed by atoms with Crippen molar-refractivity contribution in [3.8, 4) is 11.1 Å². The van der Waals surface area contributed by atoms with Gasteiger partial charge >= 0.3 is 0 Å². The summed E-state index contributed by atoms with van der Waals surface area (Å²) < 4.78 is 6.21. The summed E-state index contributed by atoms with van der Waals surface area (Å²) in [7, 11) is 0. The van der Waals surface area contributed by atoms with Gasteiger partial charge in [-0.1, -0.05) is 35.9 Å². The van der Waals surface area contributed by atoms with Gasteiger partial charge in [-0.2, -0.15) is 0 Å². The van der Waals surface area contributed by atoms with Crippen LogP contribution in [0.2, 0.25) is 5.02 Å². The fourth-order valence-electron chi connectivity index (χ4n) is 8.78. The summed E-state index contributed by atoms with van der Waals surface area (Å²) >= 11 is 6.33. The standard InChI is InChI=1S/C42H41ClN6O5/c1-25-22-48(29-8-5-27(6-9-29)31-13-16-44-38-39(51)37-33(43)3-2-4-35(37)54-40(31)38)20-19-47(25)23-26-14-17-46(18-15-26)30-10-7-28-24-49(42(53)32(28)21-30)34-11-12-36(50)45-41(34)52/h2-10,13,16,21,25-26,34H,11-12,14-15,17-20,22-24H2,1H3,(H,45,50,52)/t25-,34?/m0/s1. The molecule has 0 bridgehead atoms. The Kier molecular flexibility index (Phi) is 8.86. The first-order valence-corrected chi connectivity index (χ1v) is 19.2. The molecule has 9 rings (SSSR count). The number of hydrogen-bond donors (Lipinski definition) is 1. The van der Waals surface area contributed by atoms with Gasteiger partial charge in [-0.15, -0.1) is 0 Å². The van der Waals surface area contributed by atoms with Gasteiger partial charge in [0.25, 0.3) is 5.91 Å². The highest BCUT2D eigenvalue weighted by atomic mass is 35.5. The molecule has 0 radical (unpaired) electrons. The topological polar surface area (TPSA) is 119 Å². The molecular weight excluding hydrogens is 704 g/mol. The number of imide groups is 1. The summed E-state index contributed by atoms with van der Waals surface area (Å²) in [4.78, 5) is 64.1. The van der Waals surface area contributed by atoms with Crippen LogP contribution < -0.4 is 20.5 Å². The van der Waals surface area contributed by atoms with Crippen molar-refractivity contribution >= 4 is 62.8 Å². The summed E-state index contributed by atoms with van der Waals surface area (Å²) in [6.45, 7) is 8.55. The molecular formula is C42H41ClN6O5. The number of nitrogens with one attached hydrogen (secondary N) is 1. The number of rotatable bonds is 6. The molecule has 0 saturated carbocycles. The number of pyridine rings is 1. The van der Waals surface area contributed by atoms with E-state index in [2.05, 4.69) is 62.3 Å². The van der Waals surface area contributed by atoms with Crippen molar-refractivity contribution in [1.29, 1.82) is 0 Å². The number of halogens is 1. The maximum Gasteiger partial charge on any atom is 0.255 e. The van der Waals surface area contributed by atoms with Crippen LogP contribution in [0.1, 0.15) is 48.5 Å². The van der Waals surface area contributed by atoms with Gasteiger partial charge in [0, 0.05) is 87.0 Å². The smallest absolute Gasteiger partial charge is 0.255 e. The second-order valence-electron chi connectivity index (χ2n) is 15.1. The van der Waals surface area contributed by atoms with Gasteiger partial charge < -0.3 is 19.1 Å². The first-order valence-electron chi connectivity index (χ1n) is 18.8. The average Bonchev–Trinajstić information content (AvgIpc) is 3.50. The van der Waals surface area contributed by atoms with E-state index in [0.29, 0.717) is 52.1 Å². The van der Waals surface area contributed by atoms with Gasteiger partial charge in [-0.25, -0.2) is 4.98 Å². The summed E-state index contributed by atoms with van der Waals surface area (Å²) in [5, 5.41) is 3.08. The number of carbonyl (C=O) groups excluding carboxylic acids is 3. The van der Waals surface area contributed by atoms with Gasteiger partial charge in [-0.05, 0) is 85.7 Å². The number of piperazine rings is 1. The van der Waals surface area contributed by atoms with E-state index in [1.165, 1.54) is 5.69 Å². The lowest BCUT2D eigenvalue weighted by molar-refractivity contribution is -0.136. The Morgan fingerprint density at radius 2 is 1.67 bits per heavy atom. The zero-order valence-corrected chi connectivity index (χ0v) is 30.8. The monoisotopic (exact) mass is 744 g/mol. The molecule has 54 heavy (non-hydrogen) atoms. The molecule has 5 aromatic rings. The molecule has 4 aliphatic rings. The van der Waals surface area contributed by atoms with Crippen LogP contribution in [0.3, 0.4) is 0 Å². The highest BCUT2D eigenvalue weighted by Crippen LogP contribution is 2.34. The van der Waals surface area contributed by atoms with Gasteiger partial charge in [-0.3, -0.25) is 29.4 Å². The Morgan fingerprint density at radius 1 is 0.870 bits per heavy atom. The molecule has 6 heterocycles. The third kappa shape index (κ3) is 6.18. The normalized spacial score (nSPS) is 21.3. The Labute approximate surface area is 317 Å². The predicted molar refractivity (Wildman–Crippen MR) is 209 cm³/mol. The number of amides is 3. The molecule has 3 amide bonds. The molecule has 12 heteroatoms. The zero-order chi connectivity index (χ0) is 37.1. The molecule has 11 nitrogen and oxygen atoms in total. The maximum atomic E-state index is 13.4. The van der Waals surface area contributed by atoms with E-state index in [-0.39, 0.29) is 35.1 Å². The molecule has 1 N–H and O–H groups in total. The van der Waals surface area contributed by atoms with Gasteiger partial charge in [0.05, 0.1) is 10.4 Å². The average molecular weight is 745 g/mol. The van der Waals surface area contributed by atoms with Crippen molar-refractivity contribution in [3.05, 3.63) is 99.3 Å². The fraction of sp³-hybridized carbons (Fsp3) is 0.357. The molecule has 1 unspecified atom stereocenters. The van der Waals surface area contributed by atoms with Gasteiger partial charge in [0.15, 0.2) is 11.1 Å². The van der Waals surface area contributed by atoms with Crippen LogP contribution in [0.5, 0.6) is 0 Å². The lowest BCUT2D eigenvalue weighted by atomic mass is 9.94. The Hall–Kier alpha value is -5.26. The van der Waals surface area contributed by atoms with Crippen LogP contribution in [0.15, 0.2) is 82.1 Å². The number of hydrogen-bond acceptors (Lipinski definition) is 9. The molecule has 0 aliphatic carbocycles. The summed E-state index contributed by atoms with van der Waals surface area (Å²) in [5.41, 5.74) is 6.54. The van der Waals surface area contributed by atoms with Crippen molar-refractivity contribution < 1.29 is 18.8 Å². The molecule has 3 fully saturated rings. The molecule has 3 aromatic carbocycles. The van der Waals surface area contributed by atoms with Crippen molar-refractivity contribution in [2.45, 2.75) is 51.2 Å². The quantitative estimate of drug-likeness (QED) is 0.169. The number of aromatic nitrogens is 1. The van der Waals surface area contributed by atoms with Crippen molar-refractivity contribution in [3.63, 3.8) is 0 Å². The van der Waals surface area contributed by atoms with Crippen LogP contribution in [0.4, 0.5) is 11.4 Å². The Balaban J connectivity index is 0.802. The zero-order valence-electron chi connectivity index (χ0n) is 30.1. The first kappa shape index (κ1) is 34.5. The van der Waals surface area contributed by atoms with Crippen molar-refractivity contribution in [2.75, 3.05) is 49.1 Å². The number of piperidine rings is 2. The van der Waals surface area contributed by atoms with Crippen LogP contribution >= 0.6 is 11.6 Å².